The second-order valence-electron chi connectivity index (χ2n) is 6.63. The van der Waals surface area contributed by atoms with Crippen LogP contribution in [0, 0.1) is 13.8 Å². The number of benzene rings is 2. The summed E-state index contributed by atoms with van der Waals surface area (Å²) in [5.41, 5.74) is 4.42. The molecule has 3 aromatic rings. The van der Waals surface area contributed by atoms with Gasteiger partial charge >= 0.3 is 6.03 Å². The molecule has 0 spiro atoms. The Labute approximate surface area is 168 Å². The zero-order chi connectivity index (χ0) is 21.0. The summed E-state index contributed by atoms with van der Waals surface area (Å²) < 4.78 is 0. The summed E-state index contributed by atoms with van der Waals surface area (Å²) in [6.07, 6.45) is 1.57. The fourth-order valence-corrected chi connectivity index (χ4v) is 2.90. The van der Waals surface area contributed by atoms with Crippen LogP contribution in [0.1, 0.15) is 21.5 Å². The lowest BCUT2D eigenvalue weighted by atomic mass is 10.00. The van der Waals surface area contributed by atoms with E-state index in [2.05, 4.69) is 20.9 Å². The molecule has 1 aromatic heterocycles. The zero-order valence-corrected chi connectivity index (χ0v) is 16.4. The minimum atomic E-state index is -0.483. The van der Waals surface area contributed by atoms with Crippen LogP contribution in [-0.4, -0.2) is 24.0 Å². The predicted octanol–water partition coefficient (Wildman–Crippen LogP) is 3.66. The standard InChI is InChI=1S/C22H22N4O3/c1-13-7-9-15(10-8-13)20(27)25-18-6-4-5-17(14(18)2)16-11-19(21(28)24-12-16)26-22(29)23-3/h4-12H,1-3H3,(H,24,28)(H,25,27)(H2,23,26,29). The molecule has 4 N–H and O–H groups in total. The normalized spacial score (nSPS) is 10.3. The topological polar surface area (TPSA) is 103 Å². The maximum absolute atomic E-state index is 12.6. The van der Waals surface area contributed by atoms with Crippen molar-refractivity contribution >= 4 is 23.3 Å². The highest BCUT2D eigenvalue weighted by Crippen LogP contribution is 2.29. The van der Waals surface area contributed by atoms with Gasteiger partial charge in [-0.05, 0) is 49.2 Å². The molecule has 0 aliphatic rings. The van der Waals surface area contributed by atoms with E-state index in [1.54, 1.807) is 24.4 Å². The maximum Gasteiger partial charge on any atom is 0.319 e. The van der Waals surface area contributed by atoms with Crippen LogP contribution in [0.2, 0.25) is 0 Å². The largest absolute Gasteiger partial charge is 0.341 e. The molecule has 0 aliphatic carbocycles. The Kier molecular flexibility index (Phi) is 5.78. The molecule has 7 nitrogen and oxygen atoms in total. The molecule has 0 saturated heterocycles. The minimum Gasteiger partial charge on any atom is -0.341 e. The quantitative estimate of drug-likeness (QED) is 0.546. The molecular weight excluding hydrogens is 368 g/mol. The summed E-state index contributed by atoms with van der Waals surface area (Å²) in [6, 6.07) is 14.0. The Morgan fingerprint density at radius 3 is 2.34 bits per heavy atom. The van der Waals surface area contributed by atoms with Gasteiger partial charge in [0.1, 0.15) is 5.69 Å². The molecule has 1 heterocycles. The number of pyridine rings is 1. The Morgan fingerprint density at radius 2 is 1.66 bits per heavy atom. The second kappa shape index (κ2) is 8.43. The Hall–Kier alpha value is -3.87. The molecule has 0 atom stereocenters. The maximum atomic E-state index is 12.6. The molecule has 3 rings (SSSR count). The van der Waals surface area contributed by atoms with Crippen molar-refractivity contribution in [3.63, 3.8) is 0 Å². The zero-order valence-electron chi connectivity index (χ0n) is 16.4. The SMILES string of the molecule is CNC(=O)Nc1cc(-c2cccc(NC(=O)c3ccc(C)cc3)c2C)c[nH]c1=O. The third-order valence-electron chi connectivity index (χ3n) is 4.59. The molecule has 0 bridgehead atoms. The van der Waals surface area contributed by atoms with E-state index >= 15 is 0 Å². The Balaban J connectivity index is 1.91. The number of aryl methyl sites for hydroxylation is 1. The van der Waals surface area contributed by atoms with Gasteiger partial charge in [0.2, 0.25) is 0 Å². The summed E-state index contributed by atoms with van der Waals surface area (Å²) in [6.45, 7) is 3.85. The van der Waals surface area contributed by atoms with Crippen molar-refractivity contribution in [3.8, 4) is 11.1 Å². The number of anilines is 2. The number of nitrogens with one attached hydrogen (secondary N) is 4. The summed E-state index contributed by atoms with van der Waals surface area (Å²) in [7, 11) is 1.47. The monoisotopic (exact) mass is 390 g/mol. The van der Waals surface area contributed by atoms with Gasteiger partial charge in [0.15, 0.2) is 0 Å². The summed E-state index contributed by atoms with van der Waals surface area (Å²) >= 11 is 0. The van der Waals surface area contributed by atoms with Crippen LogP contribution in [0.4, 0.5) is 16.2 Å². The fraction of sp³-hybridized carbons (Fsp3) is 0.136. The average Bonchev–Trinajstić information content (AvgIpc) is 2.71. The first-order chi connectivity index (χ1) is 13.9. The van der Waals surface area contributed by atoms with Crippen LogP contribution in [0.3, 0.4) is 0 Å². The highest BCUT2D eigenvalue weighted by molar-refractivity contribution is 6.05. The van der Waals surface area contributed by atoms with E-state index in [-0.39, 0.29) is 11.6 Å². The lowest BCUT2D eigenvalue weighted by Gasteiger charge is -2.14. The molecule has 3 amide bonds. The van der Waals surface area contributed by atoms with Crippen LogP contribution in [0.25, 0.3) is 11.1 Å². The van der Waals surface area contributed by atoms with Crippen LogP contribution >= 0.6 is 0 Å². The van der Waals surface area contributed by atoms with Crippen LogP contribution < -0.4 is 21.5 Å². The Morgan fingerprint density at radius 1 is 0.931 bits per heavy atom. The van der Waals surface area contributed by atoms with Gasteiger partial charge in [-0.3, -0.25) is 9.59 Å². The van der Waals surface area contributed by atoms with Crippen molar-refractivity contribution in [2.24, 2.45) is 0 Å². The van der Waals surface area contributed by atoms with E-state index in [9.17, 15) is 14.4 Å². The van der Waals surface area contributed by atoms with Gasteiger partial charge in [-0.25, -0.2) is 4.79 Å². The van der Waals surface area contributed by atoms with Crippen LogP contribution in [0.5, 0.6) is 0 Å². The molecule has 2 aromatic carbocycles. The van der Waals surface area contributed by atoms with Crippen molar-refractivity contribution in [1.29, 1.82) is 0 Å². The van der Waals surface area contributed by atoms with Gasteiger partial charge in [-0.2, -0.15) is 0 Å². The summed E-state index contributed by atoms with van der Waals surface area (Å²) in [5.74, 6) is -0.200. The number of hydrogen-bond acceptors (Lipinski definition) is 3. The smallest absolute Gasteiger partial charge is 0.319 e. The van der Waals surface area contributed by atoms with Crippen molar-refractivity contribution in [3.05, 3.63) is 81.8 Å². The average molecular weight is 390 g/mol. The van der Waals surface area contributed by atoms with Gasteiger partial charge in [0.05, 0.1) is 0 Å². The number of rotatable bonds is 4. The van der Waals surface area contributed by atoms with Gasteiger partial charge in [-0.15, -0.1) is 0 Å². The van der Waals surface area contributed by atoms with Crippen molar-refractivity contribution < 1.29 is 9.59 Å². The van der Waals surface area contributed by atoms with Crippen LogP contribution in [-0.2, 0) is 0 Å². The third-order valence-corrected chi connectivity index (χ3v) is 4.59. The van der Waals surface area contributed by atoms with Crippen LogP contribution in [0.15, 0.2) is 59.5 Å². The Bertz CT molecular complexity index is 1120. The predicted molar refractivity (Wildman–Crippen MR) is 114 cm³/mol. The number of aromatic nitrogens is 1. The molecule has 0 aliphatic heterocycles. The lowest BCUT2D eigenvalue weighted by Crippen LogP contribution is -2.27. The summed E-state index contributed by atoms with van der Waals surface area (Å²) in [4.78, 5) is 38.7. The number of H-pyrrole nitrogens is 1. The van der Waals surface area contributed by atoms with E-state index in [0.717, 1.165) is 16.7 Å². The van der Waals surface area contributed by atoms with Gasteiger partial charge < -0.3 is 20.9 Å². The van der Waals surface area contributed by atoms with Gasteiger partial charge in [0.25, 0.3) is 11.5 Å². The molecule has 148 valence electrons. The molecule has 0 saturated carbocycles. The number of carbonyl (C=O) groups is 2. The number of hydrogen-bond donors (Lipinski definition) is 4. The molecule has 7 heteroatoms. The third kappa shape index (κ3) is 4.52. The number of aromatic amines is 1. The van der Waals surface area contributed by atoms with E-state index < -0.39 is 11.6 Å². The van der Waals surface area contributed by atoms with Crippen molar-refractivity contribution in [2.75, 3.05) is 17.7 Å². The number of urea groups is 1. The lowest BCUT2D eigenvalue weighted by molar-refractivity contribution is 0.102. The fourth-order valence-electron chi connectivity index (χ4n) is 2.90. The van der Waals surface area contributed by atoms with Crippen molar-refractivity contribution in [1.82, 2.24) is 10.3 Å². The molecule has 0 unspecified atom stereocenters. The van der Waals surface area contributed by atoms with E-state index in [0.29, 0.717) is 16.8 Å². The first-order valence-electron chi connectivity index (χ1n) is 9.08. The molecule has 0 radical (unpaired) electrons. The highest BCUT2D eigenvalue weighted by Gasteiger charge is 2.12. The minimum absolute atomic E-state index is 0.135. The van der Waals surface area contributed by atoms with Gasteiger partial charge in [-0.1, -0.05) is 29.8 Å². The number of carbonyl (C=O) groups excluding carboxylic acids is 2. The van der Waals surface area contributed by atoms with E-state index in [4.69, 9.17) is 0 Å². The molecule has 0 fully saturated rings. The summed E-state index contributed by atoms with van der Waals surface area (Å²) in [5, 5.41) is 7.84. The second-order valence-corrected chi connectivity index (χ2v) is 6.63. The van der Waals surface area contributed by atoms with E-state index in [1.807, 2.05) is 44.2 Å². The van der Waals surface area contributed by atoms with E-state index in [1.165, 1.54) is 7.05 Å². The van der Waals surface area contributed by atoms with Crippen molar-refractivity contribution in [2.45, 2.75) is 13.8 Å². The van der Waals surface area contributed by atoms with Gasteiger partial charge in [0, 0.05) is 30.1 Å². The number of amides is 3. The first-order valence-corrected chi connectivity index (χ1v) is 9.08. The first kappa shape index (κ1) is 19.9. The molecule has 29 heavy (non-hydrogen) atoms. The highest BCUT2D eigenvalue weighted by atomic mass is 16.2. The molecular formula is C22H22N4O3.